The molecule has 2 N–H and O–H groups in total. The third kappa shape index (κ3) is 2.25. The molecule has 0 saturated heterocycles. The summed E-state index contributed by atoms with van der Waals surface area (Å²) in [6, 6.07) is 0. The highest BCUT2D eigenvalue weighted by Crippen LogP contribution is 2.38. The smallest absolute Gasteiger partial charge is 0.275 e. The average Bonchev–Trinajstić information content (AvgIpc) is 2.12. The maximum atomic E-state index is 5.56. The lowest BCUT2D eigenvalue weighted by Gasteiger charge is -2.33. The first-order valence-electron chi connectivity index (χ1n) is 3.24. The van der Waals surface area contributed by atoms with Gasteiger partial charge in [0.25, 0.3) is 9.70 Å². The van der Waals surface area contributed by atoms with Crippen LogP contribution in [0, 0.1) is 0 Å². The van der Waals surface area contributed by atoms with Gasteiger partial charge in [0.05, 0.1) is 13.2 Å². The van der Waals surface area contributed by atoms with Crippen LogP contribution in [-0.4, -0.2) is 22.9 Å². The second kappa shape index (κ2) is 3.70. The Morgan fingerprint density at radius 3 is 1.92 bits per heavy atom. The van der Waals surface area contributed by atoms with Crippen LogP contribution in [-0.2, 0) is 9.47 Å². The second-order valence-electron chi connectivity index (χ2n) is 2.26. The highest BCUT2D eigenvalue weighted by molar-refractivity contribution is 6.68. The summed E-state index contributed by atoms with van der Waals surface area (Å²) in [6.07, 6.45) is 3.48. The Kier molecular flexibility index (Phi) is 3.26. The van der Waals surface area contributed by atoms with Gasteiger partial charge in [-0.15, -0.1) is 0 Å². The molecule has 12 heavy (non-hydrogen) atoms. The van der Waals surface area contributed by atoms with Crippen LogP contribution in [0.15, 0.2) is 12.2 Å². The molecule has 0 spiro atoms. The minimum absolute atomic E-state index is 0.268. The van der Waals surface area contributed by atoms with E-state index in [4.69, 9.17) is 50.0 Å². The molecule has 0 atom stereocenters. The maximum Gasteiger partial charge on any atom is 0.275 e. The molecule has 6 heteroatoms. The Balaban J connectivity index is 2.71. The molecule has 0 aromatic rings. The van der Waals surface area contributed by atoms with Gasteiger partial charge in [-0.3, -0.25) is 5.73 Å². The third-order valence-electron chi connectivity index (χ3n) is 1.35. The first-order chi connectivity index (χ1) is 5.46. The van der Waals surface area contributed by atoms with Gasteiger partial charge in [-0.25, -0.2) is 0 Å². The van der Waals surface area contributed by atoms with E-state index < -0.39 is 9.70 Å². The second-order valence-corrected chi connectivity index (χ2v) is 4.54. The molecule has 1 rings (SSSR count). The molecule has 0 fully saturated rings. The van der Waals surface area contributed by atoms with Crippen molar-refractivity contribution in [3.8, 4) is 0 Å². The zero-order chi connectivity index (χ0) is 9.24. The fraction of sp³-hybridized carbons (Fsp3) is 0.667. The van der Waals surface area contributed by atoms with Crippen molar-refractivity contribution < 1.29 is 9.47 Å². The zero-order valence-corrected chi connectivity index (χ0v) is 8.36. The van der Waals surface area contributed by atoms with E-state index in [1.165, 1.54) is 0 Å². The van der Waals surface area contributed by atoms with Gasteiger partial charge in [-0.1, -0.05) is 47.0 Å². The SMILES string of the molecule is NC1(C(Cl)(Cl)Cl)OCC=CCO1. The summed E-state index contributed by atoms with van der Waals surface area (Å²) in [5.74, 6) is -1.67. The van der Waals surface area contributed by atoms with Gasteiger partial charge in [0, 0.05) is 0 Å². The number of halogens is 3. The summed E-state index contributed by atoms with van der Waals surface area (Å²) in [5.41, 5.74) is 5.56. The van der Waals surface area contributed by atoms with Crippen LogP contribution >= 0.6 is 34.8 Å². The summed E-state index contributed by atoms with van der Waals surface area (Å²) in [5, 5.41) is 0. The van der Waals surface area contributed by atoms with Crippen LogP contribution in [0.2, 0.25) is 0 Å². The fourth-order valence-corrected chi connectivity index (χ4v) is 1.01. The molecular weight excluding hydrogens is 224 g/mol. The number of nitrogens with two attached hydrogens (primary N) is 1. The summed E-state index contributed by atoms with van der Waals surface area (Å²) < 4.78 is 8.26. The van der Waals surface area contributed by atoms with Gasteiger partial charge in [-0.2, -0.15) is 0 Å². The molecule has 1 aliphatic heterocycles. The number of alkyl halides is 3. The molecule has 3 nitrogen and oxygen atoms in total. The number of rotatable bonds is 0. The van der Waals surface area contributed by atoms with E-state index in [-0.39, 0.29) is 13.2 Å². The quantitative estimate of drug-likeness (QED) is 0.509. The summed E-state index contributed by atoms with van der Waals surface area (Å²) in [7, 11) is 0. The van der Waals surface area contributed by atoms with Gasteiger partial charge in [0.2, 0.25) is 0 Å². The third-order valence-corrected chi connectivity index (χ3v) is 2.14. The Morgan fingerprint density at radius 1 is 1.17 bits per heavy atom. The van der Waals surface area contributed by atoms with Gasteiger partial charge < -0.3 is 9.47 Å². The molecule has 0 unspecified atom stereocenters. The molecule has 1 heterocycles. The van der Waals surface area contributed by atoms with E-state index in [1.54, 1.807) is 12.2 Å². The fourth-order valence-electron chi connectivity index (χ4n) is 0.685. The van der Waals surface area contributed by atoms with Crippen LogP contribution in [0.1, 0.15) is 0 Å². The van der Waals surface area contributed by atoms with Gasteiger partial charge in [0.15, 0.2) is 0 Å². The molecule has 0 amide bonds. The maximum absolute atomic E-state index is 5.56. The lowest BCUT2D eigenvalue weighted by molar-refractivity contribution is -0.215. The van der Waals surface area contributed by atoms with Crippen LogP contribution in [0.4, 0.5) is 0 Å². The summed E-state index contributed by atoms with van der Waals surface area (Å²) >= 11 is 16.7. The highest BCUT2D eigenvalue weighted by atomic mass is 35.6. The van der Waals surface area contributed by atoms with E-state index in [0.717, 1.165) is 0 Å². The minimum atomic E-state index is -1.79. The lowest BCUT2D eigenvalue weighted by atomic mass is 10.5. The van der Waals surface area contributed by atoms with Gasteiger partial charge in [0.1, 0.15) is 0 Å². The molecule has 0 saturated carbocycles. The van der Waals surface area contributed by atoms with E-state index in [0.29, 0.717) is 0 Å². The topological polar surface area (TPSA) is 44.5 Å². The van der Waals surface area contributed by atoms with Crippen LogP contribution in [0.5, 0.6) is 0 Å². The molecule has 70 valence electrons. The Bertz CT molecular complexity index is 180. The normalized spacial score (nSPS) is 23.7. The van der Waals surface area contributed by atoms with Crippen molar-refractivity contribution in [3.63, 3.8) is 0 Å². The van der Waals surface area contributed by atoms with Gasteiger partial charge >= 0.3 is 0 Å². The molecule has 0 radical (unpaired) electrons. The number of ether oxygens (including phenoxy) is 2. The summed E-state index contributed by atoms with van der Waals surface area (Å²) in [4.78, 5) is 0. The number of hydrogen-bond acceptors (Lipinski definition) is 3. The molecular formula is C6H8Cl3NO2. The zero-order valence-electron chi connectivity index (χ0n) is 6.10. The van der Waals surface area contributed by atoms with Crippen LogP contribution in [0.25, 0.3) is 0 Å². The van der Waals surface area contributed by atoms with Crippen molar-refractivity contribution in [1.29, 1.82) is 0 Å². The van der Waals surface area contributed by atoms with E-state index >= 15 is 0 Å². The molecule has 1 aliphatic rings. The van der Waals surface area contributed by atoms with E-state index in [2.05, 4.69) is 0 Å². The molecule has 0 aliphatic carbocycles. The van der Waals surface area contributed by atoms with Crippen molar-refractivity contribution >= 4 is 34.8 Å². The predicted octanol–water partition coefficient (Wildman–Crippen LogP) is 1.57. The Labute approximate surface area is 85.3 Å². The Morgan fingerprint density at radius 2 is 1.58 bits per heavy atom. The van der Waals surface area contributed by atoms with Crippen molar-refractivity contribution in [2.75, 3.05) is 13.2 Å². The van der Waals surface area contributed by atoms with Crippen LogP contribution in [0.3, 0.4) is 0 Å². The van der Waals surface area contributed by atoms with E-state index in [1.807, 2.05) is 0 Å². The monoisotopic (exact) mass is 231 g/mol. The summed E-state index contributed by atoms with van der Waals surface area (Å²) in [6.45, 7) is 0.537. The molecule has 0 bridgehead atoms. The molecule has 0 aromatic heterocycles. The predicted molar refractivity (Wildman–Crippen MR) is 48.3 cm³/mol. The first-order valence-corrected chi connectivity index (χ1v) is 4.37. The lowest BCUT2D eigenvalue weighted by Crippen LogP contribution is -2.55. The van der Waals surface area contributed by atoms with Crippen LogP contribution < -0.4 is 5.73 Å². The highest BCUT2D eigenvalue weighted by Gasteiger charge is 2.48. The largest absolute Gasteiger partial charge is 0.330 e. The Hall–Kier alpha value is 0.490. The van der Waals surface area contributed by atoms with E-state index in [9.17, 15) is 0 Å². The minimum Gasteiger partial charge on any atom is -0.330 e. The average molecular weight is 232 g/mol. The standard InChI is InChI=1S/C6H8Cl3NO2/c7-5(8,9)6(10)11-3-1-2-4-12-6/h1-2H,3-4,10H2. The number of hydrogen-bond donors (Lipinski definition) is 1. The van der Waals surface area contributed by atoms with Crippen molar-refractivity contribution in [1.82, 2.24) is 0 Å². The van der Waals surface area contributed by atoms with Crippen molar-refractivity contribution in [3.05, 3.63) is 12.2 Å². The van der Waals surface area contributed by atoms with Gasteiger partial charge in [-0.05, 0) is 0 Å². The first kappa shape index (κ1) is 10.6. The molecule has 0 aromatic carbocycles. The van der Waals surface area contributed by atoms with Crippen molar-refractivity contribution in [2.45, 2.75) is 9.70 Å². The van der Waals surface area contributed by atoms with Crippen molar-refractivity contribution in [2.24, 2.45) is 5.73 Å².